The van der Waals surface area contributed by atoms with Crippen molar-refractivity contribution in [1.82, 2.24) is 9.03 Å². The first-order chi connectivity index (χ1) is 7.94. The van der Waals surface area contributed by atoms with E-state index < -0.39 is 10.2 Å². The molecule has 0 spiro atoms. The van der Waals surface area contributed by atoms with E-state index in [1.165, 1.54) is 21.3 Å². The Hall–Kier alpha value is -0.700. The molecule has 0 aromatic rings. The summed E-state index contributed by atoms with van der Waals surface area (Å²) in [5.74, 6) is -0.344. The number of ether oxygens (including phenoxy) is 2. The highest BCUT2D eigenvalue weighted by Gasteiger charge is 2.16. The van der Waals surface area contributed by atoms with Crippen LogP contribution >= 0.6 is 0 Å². The van der Waals surface area contributed by atoms with Crippen LogP contribution in [-0.2, 0) is 24.5 Å². The zero-order valence-electron chi connectivity index (χ0n) is 10.4. The molecular weight excluding hydrogens is 248 g/mol. The van der Waals surface area contributed by atoms with Crippen LogP contribution in [0.2, 0.25) is 0 Å². The monoisotopic (exact) mass is 268 g/mol. The van der Waals surface area contributed by atoms with Crippen molar-refractivity contribution in [3.05, 3.63) is 0 Å². The Labute approximate surface area is 102 Å². The summed E-state index contributed by atoms with van der Waals surface area (Å²) in [6.07, 6.45) is 0.628. The molecule has 0 bridgehead atoms. The maximum atomic E-state index is 11.6. The summed E-state index contributed by atoms with van der Waals surface area (Å²) in [5, 5.41) is 0. The zero-order chi connectivity index (χ0) is 13.3. The standard InChI is InChI=1S/C9H20N2O5S/c1-11(7-4-5-9(12)16-3)17(13,14)10-6-8-15-2/h10H,4-8H2,1-3H3. The van der Waals surface area contributed by atoms with Crippen molar-refractivity contribution in [1.29, 1.82) is 0 Å². The molecular formula is C9H20N2O5S. The quantitative estimate of drug-likeness (QED) is 0.444. The summed E-state index contributed by atoms with van der Waals surface area (Å²) >= 11 is 0. The fourth-order valence-electron chi connectivity index (χ4n) is 1.05. The van der Waals surface area contributed by atoms with E-state index >= 15 is 0 Å². The molecule has 102 valence electrons. The van der Waals surface area contributed by atoms with Crippen LogP contribution in [0.3, 0.4) is 0 Å². The lowest BCUT2D eigenvalue weighted by atomic mass is 10.3. The topological polar surface area (TPSA) is 84.9 Å². The normalized spacial score (nSPS) is 11.8. The Morgan fingerprint density at radius 2 is 2.00 bits per heavy atom. The van der Waals surface area contributed by atoms with E-state index in [-0.39, 0.29) is 25.5 Å². The fourth-order valence-corrected chi connectivity index (χ4v) is 1.98. The first kappa shape index (κ1) is 16.3. The molecule has 0 aliphatic carbocycles. The smallest absolute Gasteiger partial charge is 0.305 e. The van der Waals surface area contributed by atoms with Crippen LogP contribution in [-0.4, -0.2) is 59.7 Å². The molecule has 0 unspecified atom stereocenters. The van der Waals surface area contributed by atoms with Gasteiger partial charge < -0.3 is 9.47 Å². The average molecular weight is 268 g/mol. The second-order valence-electron chi connectivity index (χ2n) is 3.39. The lowest BCUT2D eigenvalue weighted by Gasteiger charge is -2.17. The molecule has 0 aromatic carbocycles. The van der Waals surface area contributed by atoms with Crippen molar-refractivity contribution < 1.29 is 22.7 Å². The van der Waals surface area contributed by atoms with E-state index in [2.05, 4.69) is 9.46 Å². The SMILES string of the molecule is COCCNS(=O)(=O)N(C)CCCC(=O)OC. The molecule has 0 rings (SSSR count). The van der Waals surface area contributed by atoms with Crippen LogP contribution in [0.4, 0.5) is 0 Å². The van der Waals surface area contributed by atoms with Gasteiger partial charge in [0.2, 0.25) is 0 Å². The molecule has 0 radical (unpaired) electrons. The van der Waals surface area contributed by atoms with Gasteiger partial charge >= 0.3 is 5.97 Å². The Kier molecular flexibility index (Phi) is 8.05. The fraction of sp³-hybridized carbons (Fsp3) is 0.889. The third kappa shape index (κ3) is 7.27. The van der Waals surface area contributed by atoms with E-state index in [0.717, 1.165) is 4.31 Å². The number of nitrogens with zero attached hydrogens (tertiary/aromatic N) is 1. The van der Waals surface area contributed by atoms with E-state index in [4.69, 9.17) is 4.74 Å². The van der Waals surface area contributed by atoms with Gasteiger partial charge in [0.05, 0.1) is 13.7 Å². The first-order valence-corrected chi connectivity index (χ1v) is 6.64. The minimum Gasteiger partial charge on any atom is -0.469 e. The maximum Gasteiger partial charge on any atom is 0.305 e. The molecule has 0 saturated carbocycles. The predicted octanol–water partition coefficient (Wildman–Crippen LogP) is -0.648. The van der Waals surface area contributed by atoms with Crippen molar-refractivity contribution in [2.75, 3.05) is 41.0 Å². The van der Waals surface area contributed by atoms with Gasteiger partial charge in [-0.25, -0.2) is 0 Å². The van der Waals surface area contributed by atoms with Crippen molar-refractivity contribution in [3.8, 4) is 0 Å². The third-order valence-electron chi connectivity index (χ3n) is 2.08. The maximum absolute atomic E-state index is 11.6. The molecule has 8 heteroatoms. The number of hydrogen-bond acceptors (Lipinski definition) is 5. The highest BCUT2D eigenvalue weighted by atomic mass is 32.2. The van der Waals surface area contributed by atoms with Crippen molar-refractivity contribution in [2.24, 2.45) is 0 Å². The van der Waals surface area contributed by atoms with Crippen LogP contribution in [0, 0.1) is 0 Å². The van der Waals surface area contributed by atoms with E-state index in [1.807, 2.05) is 0 Å². The molecule has 7 nitrogen and oxygen atoms in total. The van der Waals surface area contributed by atoms with Crippen molar-refractivity contribution in [3.63, 3.8) is 0 Å². The van der Waals surface area contributed by atoms with Crippen LogP contribution in [0.1, 0.15) is 12.8 Å². The minimum absolute atomic E-state index is 0.203. The van der Waals surface area contributed by atoms with Crippen LogP contribution < -0.4 is 4.72 Å². The molecule has 0 aliphatic heterocycles. The van der Waals surface area contributed by atoms with Gasteiger partial charge in [-0.3, -0.25) is 4.79 Å². The summed E-state index contributed by atoms with van der Waals surface area (Å²) in [4.78, 5) is 10.8. The molecule has 0 fully saturated rings. The van der Waals surface area contributed by atoms with Gasteiger partial charge in [0, 0.05) is 33.7 Å². The van der Waals surface area contributed by atoms with Gasteiger partial charge in [-0.2, -0.15) is 17.4 Å². The summed E-state index contributed by atoms with van der Waals surface area (Å²) in [6.45, 7) is 0.798. The van der Waals surface area contributed by atoms with Crippen LogP contribution in [0.15, 0.2) is 0 Å². The van der Waals surface area contributed by atoms with Crippen LogP contribution in [0.25, 0.3) is 0 Å². The molecule has 0 saturated heterocycles. The summed E-state index contributed by atoms with van der Waals surface area (Å²) in [5.41, 5.74) is 0. The molecule has 0 atom stereocenters. The van der Waals surface area contributed by atoms with Gasteiger partial charge in [-0.05, 0) is 6.42 Å². The zero-order valence-corrected chi connectivity index (χ0v) is 11.2. The van der Waals surface area contributed by atoms with Gasteiger partial charge in [0.1, 0.15) is 0 Å². The molecule has 0 amide bonds. The number of carbonyl (C=O) groups excluding carboxylic acids is 1. The van der Waals surface area contributed by atoms with Crippen LogP contribution in [0.5, 0.6) is 0 Å². The van der Waals surface area contributed by atoms with Gasteiger partial charge in [-0.1, -0.05) is 0 Å². The highest BCUT2D eigenvalue weighted by molar-refractivity contribution is 7.87. The molecule has 0 heterocycles. The average Bonchev–Trinajstić information content (AvgIpc) is 2.28. The molecule has 1 N–H and O–H groups in total. The molecule has 0 aliphatic rings. The number of methoxy groups -OCH3 is 2. The second kappa shape index (κ2) is 8.40. The Balaban J connectivity index is 3.94. The van der Waals surface area contributed by atoms with Gasteiger partial charge in [0.25, 0.3) is 10.2 Å². The highest BCUT2D eigenvalue weighted by Crippen LogP contribution is 1.99. The Morgan fingerprint density at radius 1 is 1.35 bits per heavy atom. The second-order valence-corrected chi connectivity index (χ2v) is 5.26. The summed E-state index contributed by atoms with van der Waals surface area (Å²) < 4.78 is 35.9. The third-order valence-corrected chi connectivity index (χ3v) is 3.65. The lowest BCUT2D eigenvalue weighted by molar-refractivity contribution is -0.140. The first-order valence-electron chi connectivity index (χ1n) is 5.20. The van der Waals surface area contributed by atoms with Gasteiger partial charge in [0.15, 0.2) is 0 Å². The van der Waals surface area contributed by atoms with E-state index in [9.17, 15) is 13.2 Å². The summed E-state index contributed by atoms with van der Waals surface area (Å²) in [6, 6.07) is 0. The Bertz CT molecular complexity index is 317. The number of esters is 1. The molecule has 17 heavy (non-hydrogen) atoms. The minimum atomic E-state index is -3.49. The van der Waals surface area contributed by atoms with Gasteiger partial charge in [-0.15, -0.1) is 0 Å². The Morgan fingerprint density at radius 3 is 2.53 bits per heavy atom. The number of nitrogens with one attached hydrogen (secondary N) is 1. The van der Waals surface area contributed by atoms with E-state index in [1.54, 1.807) is 0 Å². The van der Waals surface area contributed by atoms with E-state index in [0.29, 0.717) is 13.0 Å². The van der Waals surface area contributed by atoms with Crippen molar-refractivity contribution >= 4 is 16.2 Å². The number of rotatable bonds is 9. The lowest BCUT2D eigenvalue weighted by Crippen LogP contribution is -2.40. The number of hydrogen-bond donors (Lipinski definition) is 1. The largest absolute Gasteiger partial charge is 0.469 e. The summed E-state index contributed by atoms with van der Waals surface area (Å²) in [7, 11) is 0.760. The molecule has 0 aromatic heterocycles. The number of carbonyl (C=O) groups is 1. The van der Waals surface area contributed by atoms with Crippen molar-refractivity contribution in [2.45, 2.75) is 12.8 Å². The predicted molar refractivity (Wildman–Crippen MR) is 62.7 cm³/mol.